The molecule has 3 rings (SSSR count). The Morgan fingerprint density at radius 2 is 2.17 bits per heavy atom. The maximum atomic E-state index is 12.4. The summed E-state index contributed by atoms with van der Waals surface area (Å²) in [6, 6.07) is 6.90. The number of carbonyl (C=O) groups excluding carboxylic acids is 2. The van der Waals surface area contributed by atoms with Crippen LogP contribution in [0.5, 0.6) is 0 Å². The monoisotopic (exact) mass is 349 g/mol. The summed E-state index contributed by atoms with van der Waals surface area (Å²) in [5.74, 6) is -0.116. The number of carbonyl (C=O) groups is 2. The molecule has 1 aliphatic rings. The van der Waals surface area contributed by atoms with Crippen molar-refractivity contribution in [1.82, 2.24) is 15.2 Å². The molecule has 2 amide bonds. The van der Waals surface area contributed by atoms with Crippen LogP contribution < -0.4 is 5.32 Å². The van der Waals surface area contributed by atoms with Crippen LogP contribution in [-0.2, 0) is 22.7 Å². The second kappa shape index (κ2) is 7.10. The number of rotatable bonds is 5. The van der Waals surface area contributed by atoms with Crippen molar-refractivity contribution in [1.29, 1.82) is 0 Å². The molecular formula is C16H16ClN3O2S. The van der Waals surface area contributed by atoms with E-state index in [1.165, 1.54) is 11.3 Å². The van der Waals surface area contributed by atoms with Crippen molar-refractivity contribution in [2.24, 2.45) is 0 Å². The van der Waals surface area contributed by atoms with Crippen molar-refractivity contribution in [3.63, 3.8) is 0 Å². The second-order valence-corrected chi connectivity index (χ2v) is 6.76. The molecule has 0 spiro atoms. The first-order valence-corrected chi connectivity index (χ1v) is 8.59. The van der Waals surface area contributed by atoms with Crippen LogP contribution in [-0.4, -0.2) is 27.7 Å². The molecule has 23 heavy (non-hydrogen) atoms. The quantitative estimate of drug-likeness (QED) is 0.902. The Hall–Kier alpha value is -1.92. The van der Waals surface area contributed by atoms with Gasteiger partial charge < -0.3 is 10.2 Å². The smallest absolute Gasteiger partial charge is 0.243 e. The predicted molar refractivity (Wildman–Crippen MR) is 89.0 cm³/mol. The lowest BCUT2D eigenvalue weighted by atomic mass is 10.1. The SMILES string of the molecule is O=C(NCc1nccs1)[C@H]1CCC(=O)N1Cc1ccc(Cl)cc1. The lowest BCUT2D eigenvalue weighted by molar-refractivity contribution is -0.135. The molecule has 2 aromatic rings. The average Bonchev–Trinajstić information content (AvgIpc) is 3.18. The zero-order chi connectivity index (χ0) is 16.2. The molecule has 0 radical (unpaired) electrons. The first kappa shape index (κ1) is 16.0. The van der Waals surface area contributed by atoms with Crippen LogP contribution in [0.4, 0.5) is 0 Å². The third kappa shape index (κ3) is 3.89. The van der Waals surface area contributed by atoms with Crippen molar-refractivity contribution in [3.8, 4) is 0 Å². The van der Waals surface area contributed by atoms with E-state index in [9.17, 15) is 9.59 Å². The third-order valence-corrected chi connectivity index (χ3v) is 4.83. The number of amides is 2. The first-order chi connectivity index (χ1) is 11.1. The van der Waals surface area contributed by atoms with E-state index in [1.807, 2.05) is 17.5 Å². The summed E-state index contributed by atoms with van der Waals surface area (Å²) in [5.41, 5.74) is 0.961. The number of likely N-dealkylation sites (tertiary alicyclic amines) is 1. The minimum atomic E-state index is -0.418. The zero-order valence-electron chi connectivity index (χ0n) is 12.4. The number of nitrogens with one attached hydrogen (secondary N) is 1. The molecule has 7 heteroatoms. The highest BCUT2D eigenvalue weighted by molar-refractivity contribution is 7.09. The fourth-order valence-corrected chi connectivity index (χ4v) is 3.29. The summed E-state index contributed by atoms with van der Waals surface area (Å²) >= 11 is 7.37. The summed E-state index contributed by atoms with van der Waals surface area (Å²) in [7, 11) is 0. The van der Waals surface area contributed by atoms with Gasteiger partial charge in [0.1, 0.15) is 11.0 Å². The van der Waals surface area contributed by atoms with Crippen LogP contribution in [0, 0.1) is 0 Å². The van der Waals surface area contributed by atoms with Gasteiger partial charge in [-0.05, 0) is 24.1 Å². The molecule has 1 aromatic heterocycles. The van der Waals surface area contributed by atoms with E-state index in [0.717, 1.165) is 10.6 Å². The standard InChI is InChI=1S/C16H16ClN3O2S/c17-12-3-1-11(2-4-12)10-20-13(5-6-15(20)21)16(22)19-9-14-18-7-8-23-14/h1-4,7-8,13H,5-6,9-10H2,(H,19,22)/t13-/m1/s1. The van der Waals surface area contributed by atoms with Crippen LogP contribution in [0.15, 0.2) is 35.8 Å². The topological polar surface area (TPSA) is 62.3 Å². The molecule has 5 nitrogen and oxygen atoms in total. The molecule has 1 N–H and O–H groups in total. The molecule has 1 saturated heterocycles. The van der Waals surface area contributed by atoms with Gasteiger partial charge >= 0.3 is 0 Å². The van der Waals surface area contributed by atoms with Gasteiger partial charge in [0.15, 0.2) is 0 Å². The van der Waals surface area contributed by atoms with E-state index < -0.39 is 6.04 Å². The summed E-state index contributed by atoms with van der Waals surface area (Å²) in [6.45, 7) is 0.821. The van der Waals surface area contributed by atoms with E-state index in [4.69, 9.17) is 11.6 Å². The summed E-state index contributed by atoms with van der Waals surface area (Å²) in [5, 5.41) is 6.24. The number of hydrogen-bond acceptors (Lipinski definition) is 4. The molecule has 1 aromatic carbocycles. The molecule has 1 fully saturated rings. The Balaban J connectivity index is 1.64. The Bertz CT molecular complexity index is 688. The highest BCUT2D eigenvalue weighted by Gasteiger charge is 2.35. The molecule has 0 unspecified atom stereocenters. The fourth-order valence-electron chi connectivity index (χ4n) is 2.61. The van der Waals surface area contributed by atoms with Crippen LogP contribution in [0.2, 0.25) is 5.02 Å². The molecule has 120 valence electrons. The summed E-state index contributed by atoms with van der Waals surface area (Å²) in [6.07, 6.45) is 2.66. The first-order valence-electron chi connectivity index (χ1n) is 7.33. The van der Waals surface area contributed by atoms with Gasteiger partial charge in [0.25, 0.3) is 0 Å². The zero-order valence-corrected chi connectivity index (χ0v) is 13.9. The Morgan fingerprint density at radius 3 is 2.87 bits per heavy atom. The average molecular weight is 350 g/mol. The van der Waals surface area contributed by atoms with Crippen LogP contribution >= 0.6 is 22.9 Å². The van der Waals surface area contributed by atoms with E-state index in [-0.39, 0.29) is 11.8 Å². The molecule has 0 aliphatic carbocycles. The van der Waals surface area contributed by atoms with E-state index in [1.54, 1.807) is 23.2 Å². The van der Waals surface area contributed by atoms with Crippen molar-refractivity contribution < 1.29 is 9.59 Å². The van der Waals surface area contributed by atoms with Gasteiger partial charge in [-0.2, -0.15) is 0 Å². The van der Waals surface area contributed by atoms with Crippen LogP contribution in [0.3, 0.4) is 0 Å². The number of benzene rings is 1. The lowest BCUT2D eigenvalue weighted by Crippen LogP contribution is -2.44. The number of thiazole rings is 1. The van der Waals surface area contributed by atoms with Gasteiger partial charge in [0, 0.05) is 29.6 Å². The fraction of sp³-hybridized carbons (Fsp3) is 0.312. The third-order valence-electron chi connectivity index (χ3n) is 3.79. The highest BCUT2D eigenvalue weighted by atomic mass is 35.5. The molecule has 0 bridgehead atoms. The lowest BCUT2D eigenvalue weighted by Gasteiger charge is -2.24. The largest absolute Gasteiger partial charge is 0.348 e. The van der Waals surface area contributed by atoms with Gasteiger partial charge in [-0.1, -0.05) is 23.7 Å². The van der Waals surface area contributed by atoms with Gasteiger partial charge in [0.2, 0.25) is 11.8 Å². The molecule has 1 atom stereocenters. The number of aromatic nitrogens is 1. The van der Waals surface area contributed by atoms with Crippen molar-refractivity contribution in [2.45, 2.75) is 32.0 Å². The van der Waals surface area contributed by atoms with E-state index >= 15 is 0 Å². The van der Waals surface area contributed by atoms with Crippen LogP contribution in [0.25, 0.3) is 0 Å². The Kier molecular flexibility index (Phi) is 4.93. The minimum absolute atomic E-state index is 0.00866. The number of hydrogen-bond donors (Lipinski definition) is 1. The van der Waals surface area contributed by atoms with Gasteiger partial charge in [-0.15, -0.1) is 11.3 Å². The molecule has 1 aliphatic heterocycles. The maximum Gasteiger partial charge on any atom is 0.243 e. The minimum Gasteiger partial charge on any atom is -0.348 e. The van der Waals surface area contributed by atoms with E-state index in [2.05, 4.69) is 10.3 Å². The molecule has 0 saturated carbocycles. The predicted octanol–water partition coefficient (Wildman–Crippen LogP) is 2.60. The maximum absolute atomic E-state index is 12.4. The van der Waals surface area contributed by atoms with Gasteiger partial charge in [0.05, 0.1) is 6.54 Å². The normalized spacial score (nSPS) is 17.5. The van der Waals surface area contributed by atoms with Gasteiger partial charge in [-0.3, -0.25) is 9.59 Å². The van der Waals surface area contributed by atoms with E-state index in [0.29, 0.717) is 31.0 Å². The molecular weight excluding hydrogens is 334 g/mol. The molecule has 2 heterocycles. The van der Waals surface area contributed by atoms with Gasteiger partial charge in [-0.25, -0.2) is 4.98 Å². The summed E-state index contributed by atoms with van der Waals surface area (Å²) < 4.78 is 0. The summed E-state index contributed by atoms with van der Waals surface area (Å²) in [4.78, 5) is 30.3. The van der Waals surface area contributed by atoms with Crippen molar-refractivity contribution >= 4 is 34.8 Å². The second-order valence-electron chi connectivity index (χ2n) is 5.35. The van der Waals surface area contributed by atoms with Crippen LogP contribution in [0.1, 0.15) is 23.4 Å². The Labute approximate surface area is 143 Å². The Morgan fingerprint density at radius 1 is 1.39 bits per heavy atom. The number of halogens is 1. The number of nitrogens with zero attached hydrogens (tertiary/aromatic N) is 2. The van der Waals surface area contributed by atoms with Crippen molar-refractivity contribution in [2.75, 3.05) is 0 Å². The van der Waals surface area contributed by atoms with Crippen molar-refractivity contribution in [3.05, 3.63) is 51.4 Å². The highest BCUT2D eigenvalue weighted by Crippen LogP contribution is 2.22.